The molecule has 1 aliphatic heterocycles. The van der Waals surface area contributed by atoms with E-state index in [-0.39, 0.29) is 0 Å². The van der Waals surface area contributed by atoms with E-state index in [9.17, 15) is 0 Å². The second kappa shape index (κ2) is 6.77. The van der Waals surface area contributed by atoms with Crippen LogP contribution in [0.3, 0.4) is 0 Å². The lowest BCUT2D eigenvalue weighted by molar-refractivity contribution is 0.285. The van der Waals surface area contributed by atoms with E-state index in [1.54, 1.807) is 11.3 Å². The van der Waals surface area contributed by atoms with Gasteiger partial charge in [-0.15, -0.1) is 11.3 Å². The fourth-order valence-electron chi connectivity index (χ4n) is 2.66. The monoisotopic (exact) mass is 321 g/mol. The molecule has 0 radical (unpaired) electrons. The predicted molar refractivity (Wildman–Crippen MR) is 90.4 cm³/mol. The number of hydrogen-bond donors (Lipinski definition) is 0. The first-order chi connectivity index (χ1) is 10.2. The molecule has 0 bridgehead atoms. The molecule has 5 heteroatoms. The second-order valence-corrected chi connectivity index (χ2v) is 6.79. The summed E-state index contributed by atoms with van der Waals surface area (Å²) in [6.45, 7) is 7.45. The van der Waals surface area contributed by atoms with Crippen molar-refractivity contribution in [2.75, 3.05) is 31.1 Å². The van der Waals surface area contributed by atoms with Crippen LogP contribution in [-0.2, 0) is 6.54 Å². The van der Waals surface area contributed by atoms with Crippen molar-refractivity contribution in [2.45, 2.75) is 19.9 Å². The summed E-state index contributed by atoms with van der Waals surface area (Å²) in [5, 5.41) is 4.10. The van der Waals surface area contributed by atoms with Crippen molar-refractivity contribution in [3.05, 3.63) is 45.9 Å². The predicted octanol–water partition coefficient (Wildman–Crippen LogP) is 3.82. The minimum Gasteiger partial charge on any atom is -0.347 e. The Balaban J connectivity index is 1.59. The third kappa shape index (κ3) is 3.96. The summed E-state index contributed by atoms with van der Waals surface area (Å²) in [5.41, 5.74) is 2.45. The molecule has 0 atom stereocenters. The fourth-order valence-corrected chi connectivity index (χ4v) is 3.64. The first-order valence-electron chi connectivity index (χ1n) is 7.34. The van der Waals surface area contributed by atoms with Crippen LogP contribution in [0, 0.1) is 6.92 Å². The zero-order valence-electron chi connectivity index (χ0n) is 12.3. The van der Waals surface area contributed by atoms with E-state index in [1.807, 2.05) is 12.1 Å². The van der Waals surface area contributed by atoms with Crippen LogP contribution < -0.4 is 4.90 Å². The zero-order valence-corrected chi connectivity index (χ0v) is 13.8. The Morgan fingerprint density at radius 2 is 1.95 bits per heavy atom. The molecule has 3 rings (SSSR count). The molecular weight excluding hydrogens is 302 g/mol. The van der Waals surface area contributed by atoms with Crippen LogP contribution in [0.2, 0.25) is 5.02 Å². The van der Waals surface area contributed by atoms with Crippen molar-refractivity contribution < 1.29 is 0 Å². The number of halogens is 1. The molecule has 0 aliphatic carbocycles. The maximum absolute atomic E-state index is 5.94. The zero-order chi connectivity index (χ0) is 14.7. The Morgan fingerprint density at radius 3 is 2.67 bits per heavy atom. The van der Waals surface area contributed by atoms with E-state index in [0.717, 1.165) is 43.4 Å². The Kier molecular flexibility index (Phi) is 4.78. The number of rotatable bonds is 3. The summed E-state index contributed by atoms with van der Waals surface area (Å²) in [6, 6.07) is 8.18. The first-order valence-corrected chi connectivity index (χ1v) is 8.60. The van der Waals surface area contributed by atoms with Crippen LogP contribution in [-0.4, -0.2) is 36.1 Å². The minimum atomic E-state index is 0.805. The van der Waals surface area contributed by atoms with Gasteiger partial charge >= 0.3 is 0 Å². The van der Waals surface area contributed by atoms with Gasteiger partial charge in [0.2, 0.25) is 0 Å². The maximum Gasteiger partial charge on any atom is 0.185 e. The topological polar surface area (TPSA) is 19.4 Å². The highest BCUT2D eigenvalue weighted by Gasteiger charge is 2.17. The largest absolute Gasteiger partial charge is 0.347 e. The molecule has 1 aliphatic rings. The van der Waals surface area contributed by atoms with Crippen LogP contribution >= 0.6 is 22.9 Å². The summed E-state index contributed by atoms with van der Waals surface area (Å²) < 4.78 is 0. The van der Waals surface area contributed by atoms with Gasteiger partial charge in [0.05, 0.1) is 5.69 Å². The van der Waals surface area contributed by atoms with E-state index in [4.69, 9.17) is 11.6 Å². The highest BCUT2D eigenvalue weighted by molar-refractivity contribution is 7.13. The molecule has 0 saturated carbocycles. The average Bonchev–Trinajstić information content (AvgIpc) is 2.78. The van der Waals surface area contributed by atoms with Crippen LogP contribution in [0.4, 0.5) is 5.13 Å². The van der Waals surface area contributed by atoms with Crippen molar-refractivity contribution >= 4 is 28.1 Å². The van der Waals surface area contributed by atoms with Gasteiger partial charge in [0, 0.05) is 43.1 Å². The Morgan fingerprint density at radius 1 is 1.14 bits per heavy atom. The number of nitrogens with zero attached hydrogens (tertiary/aromatic N) is 3. The molecule has 0 unspecified atom stereocenters. The average molecular weight is 322 g/mol. The Labute approximate surface area is 135 Å². The molecule has 21 heavy (non-hydrogen) atoms. The molecular formula is C16H20ClN3S. The van der Waals surface area contributed by atoms with E-state index < -0.39 is 0 Å². The standard InChI is InChI=1S/C16H20ClN3S/c1-13-12-21-16(18-13)20-8-2-7-19(9-10-20)11-14-3-5-15(17)6-4-14/h3-6,12H,2,7-11H2,1H3. The minimum absolute atomic E-state index is 0.805. The van der Waals surface area contributed by atoms with Crippen LogP contribution in [0.5, 0.6) is 0 Å². The van der Waals surface area contributed by atoms with Crippen molar-refractivity contribution in [1.82, 2.24) is 9.88 Å². The molecule has 1 saturated heterocycles. The lowest BCUT2D eigenvalue weighted by atomic mass is 10.2. The van der Waals surface area contributed by atoms with E-state index in [1.165, 1.54) is 17.1 Å². The molecule has 1 aromatic carbocycles. The molecule has 2 aromatic rings. The normalized spacial score (nSPS) is 17.0. The van der Waals surface area contributed by atoms with Gasteiger partial charge in [0.25, 0.3) is 0 Å². The van der Waals surface area contributed by atoms with Crippen LogP contribution in [0.1, 0.15) is 17.7 Å². The summed E-state index contributed by atoms with van der Waals surface area (Å²) in [6.07, 6.45) is 1.19. The Hall–Kier alpha value is -1.10. The maximum atomic E-state index is 5.94. The van der Waals surface area contributed by atoms with E-state index in [2.05, 4.69) is 39.2 Å². The molecule has 0 spiro atoms. The number of benzene rings is 1. The number of thiazole rings is 1. The number of anilines is 1. The summed E-state index contributed by atoms with van der Waals surface area (Å²) in [4.78, 5) is 9.54. The Bertz CT molecular complexity index is 581. The van der Waals surface area contributed by atoms with Crippen molar-refractivity contribution in [1.29, 1.82) is 0 Å². The summed E-state index contributed by atoms with van der Waals surface area (Å²) in [5.74, 6) is 0. The molecule has 2 heterocycles. The smallest absolute Gasteiger partial charge is 0.185 e. The lowest BCUT2D eigenvalue weighted by Crippen LogP contribution is -2.30. The molecule has 1 aromatic heterocycles. The van der Waals surface area contributed by atoms with Crippen molar-refractivity contribution in [2.24, 2.45) is 0 Å². The number of aryl methyl sites for hydroxylation is 1. The third-order valence-corrected chi connectivity index (χ3v) is 5.06. The SMILES string of the molecule is Cc1csc(N2CCCN(Cc3ccc(Cl)cc3)CC2)n1. The molecule has 1 fully saturated rings. The van der Waals surface area contributed by atoms with Gasteiger partial charge < -0.3 is 4.90 Å². The highest BCUT2D eigenvalue weighted by Crippen LogP contribution is 2.22. The van der Waals surface area contributed by atoms with Gasteiger partial charge in [-0.2, -0.15) is 0 Å². The van der Waals surface area contributed by atoms with Gasteiger partial charge in [-0.3, -0.25) is 4.90 Å². The van der Waals surface area contributed by atoms with Gasteiger partial charge in [-0.25, -0.2) is 4.98 Å². The van der Waals surface area contributed by atoms with Crippen LogP contribution in [0.25, 0.3) is 0 Å². The third-order valence-electron chi connectivity index (χ3n) is 3.79. The van der Waals surface area contributed by atoms with Crippen molar-refractivity contribution in [3.8, 4) is 0 Å². The molecule has 3 nitrogen and oxygen atoms in total. The molecule has 112 valence electrons. The number of hydrogen-bond acceptors (Lipinski definition) is 4. The summed E-state index contributed by atoms with van der Waals surface area (Å²) >= 11 is 7.70. The first kappa shape index (κ1) is 14.8. The highest BCUT2D eigenvalue weighted by atomic mass is 35.5. The second-order valence-electron chi connectivity index (χ2n) is 5.51. The number of aromatic nitrogens is 1. The molecule has 0 N–H and O–H groups in total. The fraction of sp³-hybridized carbons (Fsp3) is 0.438. The van der Waals surface area contributed by atoms with Gasteiger partial charge in [0.15, 0.2) is 5.13 Å². The van der Waals surface area contributed by atoms with Gasteiger partial charge in [0.1, 0.15) is 0 Å². The quantitative estimate of drug-likeness (QED) is 0.856. The summed E-state index contributed by atoms with van der Waals surface area (Å²) in [7, 11) is 0. The van der Waals surface area contributed by atoms with Gasteiger partial charge in [-0.1, -0.05) is 23.7 Å². The van der Waals surface area contributed by atoms with Crippen LogP contribution in [0.15, 0.2) is 29.6 Å². The molecule has 0 amide bonds. The van der Waals surface area contributed by atoms with E-state index in [0.29, 0.717) is 0 Å². The van der Waals surface area contributed by atoms with Crippen molar-refractivity contribution in [3.63, 3.8) is 0 Å². The van der Waals surface area contributed by atoms with E-state index >= 15 is 0 Å². The van der Waals surface area contributed by atoms with Gasteiger partial charge in [-0.05, 0) is 31.0 Å². The lowest BCUT2D eigenvalue weighted by Gasteiger charge is -2.21.